The second-order valence-corrected chi connectivity index (χ2v) is 8.58. The quantitative estimate of drug-likeness (QED) is 0.377. The van der Waals surface area contributed by atoms with Gasteiger partial charge in [-0.05, 0) is 72.0 Å². The monoisotopic (exact) mass is 476 g/mol. The van der Waals surface area contributed by atoms with E-state index < -0.39 is 5.60 Å². The molecule has 0 bridgehead atoms. The molecule has 5 rings (SSSR count). The fourth-order valence-electron chi connectivity index (χ4n) is 4.07. The van der Waals surface area contributed by atoms with Crippen LogP contribution in [0.3, 0.4) is 0 Å². The summed E-state index contributed by atoms with van der Waals surface area (Å²) in [5.74, 6) is -0.204. The van der Waals surface area contributed by atoms with Crippen LogP contribution in [0, 0.1) is 12.7 Å². The minimum Gasteiger partial charge on any atom is -0.380 e. The molecule has 2 aromatic heterocycles. The van der Waals surface area contributed by atoms with Crippen molar-refractivity contribution >= 4 is 15.9 Å². The molecule has 3 nitrogen and oxygen atoms in total. The molecule has 156 valence electrons. The molecule has 0 spiro atoms. The first-order valence-corrected chi connectivity index (χ1v) is 10.8. The van der Waals surface area contributed by atoms with Crippen LogP contribution in [0.15, 0.2) is 96.0 Å². The van der Waals surface area contributed by atoms with Gasteiger partial charge in [0.1, 0.15) is 11.4 Å². The summed E-state index contributed by atoms with van der Waals surface area (Å²) in [6, 6.07) is 20.3. The van der Waals surface area contributed by atoms with E-state index in [0.29, 0.717) is 6.42 Å². The van der Waals surface area contributed by atoms with Crippen LogP contribution < -0.4 is 0 Å². The van der Waals surface area contributed by atoms with E-state index in [1.54, 1.807) is 24.8 Å². The summed E-state index contributed by atoms with van der Waals surface area (Å²) in [6.45, 7) is 2.03. The van der Waals surface area contributed by atoms with Crippen molar-refractivity contribution in [2.75, 3.05) is 0 Å². The predicted octanol–water partition coefficient (Wildman–Crippen LogP) is 6.14. The number of hydrogen-bond donors (Lipinski definition) is 1. The van der Waals surface area contributed by atoms with Crippen molar-refractivity contribution in [3.8, 4) is 0 Å². The first-order chi connectivity index (χ1) is 15.0. The SMILES string of the molecule is Brc1ccncc1.Cc1ccc2c(c1)C(O)(c1ccncc1)CC2c1ccc(F)cc1. The summed E-state index contributed by atoms with van der Waals surface area (Å²) in [5, 5.41) is 11.5. The molecule has 0 amide bonds. The largest absolute Gasteiger partial charge is 0.380 e. The number of aryl methyl sites for hydroxylation is 1. The number of rotatable bonds is 2. The molecule has 1 aliphatic rings. The molecule has 4 aromatic rings. The Hall–Kier alpha value is -2.89. The van der Waals surface area contributed by atoms with Crippen LogP contribution in [0.2, 0.25) is 0 Å². The fraction of sp³-hybridized carbons (Fsp3) is 0.154. The molecule has 31 heavy (non-hydrogen) atoms. The van der Waals surface area contributed by atoms with Gasteiger partial charge in [0.15, 0.2) is 0 Å². The van der Waals surface area contributed by atoms with Gasteiger partial charge < -0.3 is 5.11 Å². The molecule has 0 radical (unpaired) electrons. The number of aliphatic hydroxyl groups is 1. The van der Waals surface area contributed by atoms with Crippen LogP contribution in [-0.4, -0.2) is 15.1 Å². The summed E-state index contributed by atoms with van der Waals surface area (Å²) in [5.41, 5.74) is 3.96. The molecule has 5 heteroatoms. The van der Waals surface area contributed by atoms with E-state index >= 15 is 0 Å². The van der Waals surface area contributed by atoms with Crippen LogP contribution in [0.1, 0.15) is 40.2 Å². The van der Waals surface area contributed by atoms with E-state index in [0.717, 1.165) is 32.3 Å². The lowest BCUT2D eigenvalue weighted by molar-refractivity contribution is 0.0796. The molecule has 2 aromatic carbocycles. The van der Waals surface area contributed by atoms with Crippen LogP contribution in [0.5, 0.6) is 0 Å². The van der Waals surface area contributed by atoms with Crippen molar-refractivity contribution in [1.82, 2.24) is 9.97 Å². The van der Waals surface area contributed by atoms with Crippen molar-refractivity contribution in [2.45, 2.75) is 24.9 Å². The maximum Gasteiger partial charge on any atom is 0.123 e. The third-order valence-corrected chi connectivity index (χ3v) is 6.13. The van der Waals surface area contributed by atoms with Gasteiger partial charge in [0.2, 0.25) is 0 Å². The Bertz CT molecular complexity index is 1150. The van der Waals surface area contributed by atoms with E-state index in [9.17, 15) is 9.50 Å². The summed E-state index contributed by atoms with van der Waals surface area (Å²) < 4.78 is 14.4. The molecular weight excluding hydrogens is 455 g/mol. The van der Waals surface area contributed by atoms with Gasteiger partial charge >= 0.3 is 0 Å². The molecule has 0 saturated heterocycles. The van der Waals surface area contributed by atoms with Crippen molar-refractivity contribution in [3.63, 3.8) is 0 Å². The summed E-state index contributed by atoms with van der Waals surface area (Å²) >= 11 is 3.27. The van der Waals surface area contributed by atoms with Gasteiger partial charge in [0.05, 0.1) is 0 Å². The Kier molecular flexibility index (Phi) is 6.25. The maximum atomic E-state index is 13.3. The number of hydrogen-bond acceptors (Lipinski definition) is 3. The first-order valence-electron chi connectivity index (χ1n) is 10.0. The number of aromatic nitrogens is 2. The standard InChI is InChI=1S/C21H18FNO.C5H4BrN/c1-14-2-7-18-19(15-3-5-17(22)6-4-15)13-21(24,20(18)12-14)16-8-10-23-11-9-16;6-5-1-3-7-4-2-5/h2-12,19,24H,13H2,1H3;1-4H. The highest BCUT2D eigenvalue weighted by atomic mass is 79.9. The van der Waals surface area contributed by atoms with Crippen LogP contribution in [0.25, 0.3) is 0 Å². The Morgan fingerprint density at radius 1 is 0.903 bits per heavy atom. The number of nitrogens with zero attached hydrogens (tertiary/aromatic N) is 2. The van der Waals surface area contributed by atoms with Crippen molar-refractivity contribution in [2.24, 2.45) is 0 Å². The molecule has 0 saturated carbocycles. The lowest BCUT2D eigenvalue weighted by Crippen LogP contribution is -2.24. The van der Waals surface area contributed by atoms with E-state index in [2.05, 4.69) is 44.1 Å². The average Bonchev–Trinajstić information content (AvgIpc) is 3.09. The Labute approximate surface area is 189 Å². The average molecular weight is 477 g/mol. The minimum absolute atomic E-state index is 0.0411. The molecule has 2 unspecified atom stereocenters. The lowest BCUT2D eigenvalue weighted by atomic mass is 9.87. The maximum absolute atomic E-state index is 13.3. The molecule has 1 aliphatic carbocycles. The third-order valence-electron chi connectivity index (χ3n) is 5.60. The summed E-state index contributed by atoms with van der Waals surface area (Å²) in [7, 11) is 0. The molecular formula is C26H22BrFN2O. The third kappa shape index (κ3) is 4.58. The highest BCUT2D eigenvalue weighted by molar-refractivity contribution is 9.10. The van der Waals surface area contributed by atoms with Crippen molar-refractivity contribution < 1.29 is 9.50 Å². The van der Waals surface area contributed by atoms with Crippen molar-refractivity contribution in [3.05, 3.63) is 130 Å². The Morgan fingerprint density at radius 3 is 2.10 bits per heavy atom. The van der Waals surface area contributed by atoms with E-state index in [1.165, 1.54) is 12.1 Å². The van der Waals surface area contributed by atoms with Gasteiger partial charge in [0, 0.05) is 35.2 Å². The van der Waals surface area contributed by atoms with Gasteiger partial charge in [-0.15, -0.1) is 0 Å². The number of fused-ring (bicyclic) bond motifs is 1. The van der Waals surface area contributed by atoms with Gasteiger partial charge in [-0.2, -0.15) is 0 Å². The van der Waals surface area contributed by atoms with E-state index in [-0.39, 0.29) is 11.7 Å². The normalized spacial score (nSPS) is 19.3. The predicted molar refractivity (Wildman–Crippen MR) is 123 cm³/mol. The number of pyridine rings is 2. The van der Waals surface area contributed by atoms with Gasteiger partial charge in [-0.3, -0.25) is 9.97 Å². The molecule has 1 N–H and O–H groups in total. The Morgan fingerprint density at radius 2 is 1.52 bits per heavy atom. The molecule has 2 heterocycles. The highest BCUT2D eigenvalue weighted by Gasteiger charge is 2.44. The van der Waals surface area contributed by atoms with Crippen LogP contribution in [-0.2, 0) is 5.60 Å². The van der Waals surface area contributed by atoms with E-state index in [4.69, 9.17) is 0 Å². The van der Waals surface area contributed by atoms with Gasteiger partial charge in [-0.1, -0.05) is 51.8 Å². The molecule has 2 atom stereocenters. The first kappa shape index (κ1) is 21.3. The van der Waals surface area contributed by atoms with Gasteiger partial charge in [0.25, 0.3) is 0 Å². The van der Waals surface area contributed by atoms with Crippen LogP contribution >= 0.6 is 15.9 Å². The fourth-order valence-corrected chi connectivity index (χ4v) is 4.31. The van der Waals surface area contributed by atoms with Crippen molar-refractivity contribution in [1.29, 1.82) is 0 Å². The minimum atomic E-state index is -1.05. The zero-order chi connectivity index (χ0) is 21.8. The van der Waals surface area contributed by atoms with Crippen LogP contribution in [0.4, 0.5) is 4.39 Å². The zero-order valence-corrected chi connectivity index (χ0v) is 18.6. The molecule has 0 aliphatic heterocycles. The van der Waals surface area contributed by atoms with Gasteiger partial charge in [-0.25, -0.2) is 4.39 Å². The second kappa shape index (κ2) is 9.08. The topological polar surface area (TPSA) is 46.0 Å². The lowest BCUT2D eigenvalue weighted by Gasteiger charge is -2.25. The van der Waals surface area contributed by atoms with E-state index in [1.807, 2.05) is 43.3 Å². The number of benzene rings is 2. The number of halogens is 2. The second-order valence-electron chi connectivity index (χ2n) is 7.66. The summed E-state index contributed by atoms with van der Waals surface area (Å²) in [6.07, 6.45) is 7.43. The summed E-state index contributed by atoms with van der Waals surface area (Å²) in [4.78, 5) is 7.87. The smallest absolute Gasteiger partial charge is 0.123 e. The highest BCUT2D eigenvalue weighted by Crippen LogP contribution is 2.50. The molecule has 0 fully saturated rings. The Balaban J connectivity index is 0.000000282. The zero-order valence-electron chi connectivity index (χ0n) is 17.0.